The van der Waals surface area contributed by atoms with Gasteiger partial charge in [-0.3, -0.25) is 19.4 Å². The smallest absolute Gasteiger partial charge is 0.322 e. The highest BCUT2D eigenvalue weighted by atomic mass is 16.6. The van der Waals surface area contributed by atoms with Crippen molar-refractivity contribution in [3.63, 3.8) is 0 Å². The largest absolute Gasteiger partial charge is 0.496 e. The molecule has 1 saturated heterocycles. The number of rotatable bonds is 11. The van der Waals surface area contributed by atoms with Crippen molar-refractivity contribution < 1.29 is 33.6 Å². The van der Waals surface area contributed by atoms with Crippen LogP contribution in [0.5, 0.6) is 5.75 Å². The Kier molecular flexibility index (Phi) is 10.5. The molecule has 1 spiro atoms. The highest BCUT2D eigenvalue weighted by Gasteiger charge is 2.78. The van der Waals surface area contributed by atoms with Gasteiger partial charge < -0.3 is 33.9 Å². The number of ether oxygens (including phenoxy) is 4. The molecule has 2 bridgehead atoms. The third-order valence-electron chi connectivity index (χ3n) is 15.6. The van der Waals surface area contributed by atoms with Gasteiger partial charge in [-0.15, -0.1) is 0 Å². The van der Waals surface area contributed by atoms with Crippen LogP contribution in [0.3, 0.4) is 0 Å². The second-order valence-electron chi connectivity index (χ2n) is 18.6. The summed E-state index contributed by atoms with van der Waals surface area (Å²) in [6.07, 6.45) is 11.4. The third-order valence-corrected chi connectivity index (χ3v) is 15.6. The van der Waals surface area contributed by atoms with E-state index in [4.69, 9.17) is 18.9 Å². The number of aromatic nitrogens is 1. The first-order valence-electron chi connectivity index (χ1n) is 22.4. The van der Waals surface area contributed by atoms with E-state index < -0.39 is 40.0 Å². The van der Waals surface area contributed by atoms with E-state index in [1.807, 2.05) is 6.07 Å². The van der Waals surface area contributed by atoms with Crippen LogP contribution in [0, 0.1) is 11.3 Å². The first-order valence-corrected chi connectivity index (χ1v) is 22.4. The van der Waals surface area contributed by atoms with Crippen LogP contribution in [0.25, 0.3) is 10.9 Å². The number of benzene rings is 2. The van der Waals surface area contributed by atoms with Gasteiger partial charge in [0, 0.05) is 97.5 Å². The maximum absolute atomic E-state index is 15.4. The predicted octanol–water partition coefficient (Wildman–Crippen LogP) is 6.44. The van der Waals surface area contributed by atoms with Crippen molar-refractivity contribution in [3.05, 3.63) is 82.6 Å². The molecule has 6 aliphatic rings. The Balaban J connectivity index is 1.34. The molecule has 1 saturated carbocycles. The number of fused-ring (bicyclic) bond motifs is 6. The summed E-state index contributed by atoms with van der Waals surface area (Å²) in [4.78, 5) is 39.7. The van der Waals surface area contributed by atoms with Gasteiger partial charge in [-0.25, -0.2) is 0 Å². The lowest BCUT2D eigenvalue weighted by molar-refractivity contribution is -0.233. The van der Waals surface area contributed by atoms with Gasteiger partial charge in [0.25, 0.3) is 0 Å². The number of carbonyl (C=O) groups is 2. The van der Waals surface area contributed by atoms with Crippen molar-refractivity contribution in [2.75, 3.05) is 72.1 Å². The summed E-state index contributed by atoms with van der Waals surface area (Å²) in [6, 6.07) is 12.1. The average molecular weight is 821 g/mol. The average Bonchev–Trinajstić information content (AvgIpc) is 3.92. The fourth-order valence-corrected chi connectivity index (χ4v) is 13.5. The highest BCUT2D eigenvalue weighted by molar-refractivity contribution is 5.94. The lowest BCUT2D eigenvalue weighted by atomic mass is 9.47. The predicted molar refractivity (Wildman–Crippen MR) is 233 cm³/mol. The number of aliphatic hydroxyl groups is 1. The first-order chi connectivity index (χ1) is 29.0. The SMILES string of the molecule is CCCCOCC1(O)[C@H](OC(C)=O)[C@]2(CC)C=CCN3CC[C@@]4(c5cc([C@@]6(C(=O)OC)C[C@@H]7C=C(CC)CN(CCc8c6[nH]c6ccccc86)C7)c(OC)cc5N(C)[C@@H]14)C32. The summed E-state index contributed by atoms with van der Waals surface area (Å²) in [6.45, 7) is 12.7. The molecule has 3 aromatic rings. The molecule has 3 unspecified atom stereocenters. The molecule has 1 aliphatic carbocycles. The van der Waals surface area contributed by atoms with Crippen LogP contribution in [0.1, 0.15) is 88.6 Å². The minimum atomic E-state index is -1.60. The molecule has 60 heavy (non-hydrogen) atoms. The number of esters is 2. The Hall–Kier alpha value is -4.16. The van der Waals surface area contributed by atoms with E-state index in [-0.39, 0.29) is 24.5 Å². The Labute approximate surface area is 355 Å². The molecule has 1 aromatic heterocycles. The number of carbonyl (C=O) groups excluding carboxylic acids is 2. The van der Waals surface area contributed by atoms with Crippen molar-refractivity contribution in [2.24, 2.45) is 11.3 Å². The summed E-state index contributed by atoms with van der Waals surface area (Å²) in [5, 5.41) is 14.8. The van der Waals surface area contributed by atoms with Crippen LogP contribution >= 0.6 is 0 Å². The van der Waals surface area contributed by atoms with Gasteiger partial charge in [0.05, 0.1) is 26.9 Å². The zero-order valence-corrected chi connectivity index (χ0v) is 36.6. The molecule has 2 aromatic carbocycles. The number of hydrogen-bond donors (Lipinski definition) is 2. The lowest BCUT2D eigenvalue weighted by Gasteiger charge is -2.64. The molecule has 6 heterocycles. The van der Waals surface area contributed by atoms with Gasteiger partial charge in [0.1, 0.15) is 22.9 Å². The highest BCUT2D eigenvalue weighted by Crippen LogP contribution is 2.68. The minimum Gasteiger partial charge on any atom is -0.496 e. The van der Waals surface area contributed by atoms with Gasteiger partial charge in [0.2, 0.25) is 0 Å². The Bertz CT molecular complexity index is 2230. The van der Waals surface area contributed by atoms with E-state index in [9.17, 15) is 9.90 Å². The molecular formula is C49H64N4O7. The van der Waals surface area contributed by atoms with Crippen LogP contribution in [-0.4, -0.2) is 123 Å². The second-order valence-corrected chi connectivity index (χ2v) is 18.6. The Morgan fingerprint density at radius 2 is 1.87 bits per heavy atom. The minimum absolute atomic E-state index is 0.0107. The van der Waals surface area contributed by atoms with Gasteiger partial charge >= 0.3 is 11.9 Å². The molecule has 11 heteroatoms. The number of H-pyrrole nitrogens is 1. The first kappa shape index (κ1) is 41.2. The van der Waals surface area contributed by atoms with Crippen LogP contribution < -0.4 is 9.64 Å². The van der Waals surface area contributed by atoms with Crippen molar-refractivity contribution in [3.8, 4) is 5.75 Å². The molecule has 11 nitrogen and oxygen atoms in total. The van der Waals surface area contributed by atoms with Gasteiger partial charge in [-0.1, -0.05) is 69.2 Å². The van der Waals surface area contributed by atoms with E-state index >= 15 is 4.79 Å². The number of likely N-dealkylation sites (N-methyl/N-ethyl adjacent to an activating group) is 1. The van der Waals surface area contributed by atoms with Crippen LogP contribution in [0.4, 0.5) is 5.69 Å². The summed E-state index contributed by atoms with van der Waals surface area (Å²) < 4.78 is 25.4. The number of para-hydroxylation sites is 1. The molecular weight excluding hydrogens is 757 g/mol. The topological polar surface area (TPSA) is 117 Å². The summed E-state index contributed by atoms with van der Waals surface area (Å²) in [5.74, 6) is -0.0830. The molecule has 5 aliphatic heterocycles. The second kappa shape index (κ2) is 15.3. The lowest BCUT2D eigenvalue weighted by Crippen LogP contribution is -2.80. The monoisotopic (exact) mass is 820 g/mol. The zero-order valence-electron chi connectivity index (χ0n) is 36.6. The standard InChI is InChI=1S/C49H64N4O7/c1-8-11-23-59-30-49(56)43-47(19-22-53-20-14-18-46(10-3,42(47)53)44(49)60-31(4)54)36-25-37(40(57-6)26-39(36)51(43)5)48(45(55)58-7)27-33-24-32(9-2)28-52(29-33)21-17-35-34-15-12-13-16-38(34)50-41(35)48/h12-16,18,24-26,33,42-44,50,56H,8-11,17,19-23,27-30H2,1-7H3/t33-,42?,43+,44+,46+,47+,48-,49?/m0/s1. The van der Waals surface area contributed by atoms with E-state index in [1.54, 1.807) is 7.11 Å². The van der Waals surface area contributed by atoms with Crippen LogP contribution in [-0.2, 0) is 41.1 Å². The van der Waals surface area contributed by atoms with E-state index in [1.165, 1.54) is 19.6 Å². The molecule has 9 rings (SSSR count). The van der Waals surface area contributed by atoms with Crippen molar-refractivity contribution in [1.29, 1.82) is 0 Å². The van der Waals surface area contributed by atoms with Gasteiger partial charge in [-0.2, -0.15) is 0 Å². The maximum Gasteiger partial charge on any atom is 0.322 e. The molecule has 0 amide bonds. The number of aromatic amines is 1. The number of anilines is 1. The Morgan fingerprint density at radius 3 is 2.60 bits per heavy atom. The summed E-state index contributed by atoms with van der Waals surface area (Å²) >= 11 is 0. The normalized spacial score (nSPS) is 34.1. The van der Waals surface area contributed by atoms with E-state index in [0.717, 1.165) is 104 Å². The summed E-state index contributed by atoms with van der Waals surface area (Å²) in [5.41, 5.74) is 2.94. The number of methoxy groups -OCH3 is 2. The fraction of sp³-hybridized carbons (Fsp3) is 0.592. The number of nitrogens with one attached hydrogen (secondary N) is 1. The van der Waals surface area contributed by atoms with Gasteiger partial charge in [-0.05, 0) is 74.2 Å². The van der Waals surface area contributed by atoms with Crippen LogP contribution in [0.15, 0.2) is 60.2 Å². The molecule has 2 N–H and O–H groups in total. The maximum atomic E-state index is 15.4. The van der Waals surface area contributed by atoms with E-state index in [2.05, 4.69) is 96.1 Å². The van der Waals surface area contributed by atoms with Crippen molar-refractivity contribution in [1.82, 2.24) is 14.8 Å². The molecule has 2 fully saturated rings. The number of hydrogen-bond acceptors (Lipinski definition) is 10. The van der Waals surface area contributed by atoms with Crippen molar-refractivity contribution >= 4 is 28.5 Å². The van der Waals surface area contributed by atoms with Crippen LogP contribution in [0.2, 0.25) is 0 Å². The Morgan fingerprint density at radius 1 is 1.05 bits per heavy atom. The molecule has 0 radical (unpaired) electrons. The van der Waals surface area contributed by atoms with E-state index in [0.29, 0.717) is 25.2 Å². The molecule has 9 atom stereocenters. The summed E-state index contributed by atoms with van der Waals surface area (Å²) in [7, 11) is 5.25. The fourth-order valence-electron chi connectivity index (χ4n) is 13.5. The zero-order chi connectivity index (χ0) is 42.2. The third kappa shape index (κ3) is 5.74. The number of unbranched alkanes of at least 4 members (excludes halogenated alkanes) is 1. The molecule has 322 valence electrons. The number of nitrogens with zero attached hydrogens (tertiary/aromatic N) is 3. The quantitative estimate of drug-likeness (QED) is 0.127. The van der Waals surface area contributed by atoms with Gasteiger partial charge in [0.15, 0.2) is 0 Å². The van der Waals surface area contributed by atoms with Crippen molar-refractivity contribution in [2.45, 2.75) is 107 Å².